The molecular formula is C22H26N4O2S. The monoisotopic (exact) mass is 410 g/mol. The molecule has 0 bridgehead atoms. The van der Waals surface area contributed by atoms with E-state index in [1.165, 1.54) is 0 Å². The predicted molar refractivity (Wildman–Crippen MR) is 116 cm³/mol. The fourth-order valence-corrected chi connectivity index (χ4v) is 3.83. The molecule has 3 rings (SSSR count). The number of carbonyl (C=O) groups is 1. The highest BCUT2D eigenvalue weighted by molar-refractivity contribution is 7.99. The van der Waals surface area contributed by atoms with Gasteiger partial charge in [0, 0.05) is 37.1 Å². The van der Waals surface area contributed by atoms with E-state index in [0.29, 0.717) is 19.6 Å². The number of hydrogen-bond donors (Lipinski definition) is 1. The third-order valence-electron chi connectivity index (χ3n) is 4.34. The quantitative estimate of drug-likeness (QED) is 0.383. The number of thioether (sulfide) groups is 1. The first kappa shape index (κ1) is 21.1. The molecule has 0 aliphatic carbocycles. The molecule has 0 aliphatic heterocycles. The van der Waals surface area contributed by atoms with E-state index in [1.54, 1.807) is 18.9 Å². The number of nitrogens with one attached hydrogen (secondary N) is 1. The Morgan fingerprint density at radius 2 is 1.76 bits per heavy atom. The van der Waals surface area contributed by atoms with E-state index in [-0.39, 0.29) is 5.91 Å². The van der Waals surface area contributed by atoms with Gasteiger partial charge in [-0.2, -0.15) is 0 Å². The maximum Gasteiger partial charge on any atom is 0.220 e. The zero-order valence-electron chi connectivity index (χ0n) is 16.6. The Kier molecular flexibility index (Phi) is 8.27. The average molecular weight is 411 g/mol. The van der Waals surface area contributed by atoms with Crippen LogP contribution in [0.25, 0.3) is 17.1 Å². The van der Waals surface area contributed by atoms with E-state index >= 15 is 0 Å². The standard InChI is InChI=1S/C22H26N4O2S/c1-28-16-15-23-20(27)14-8-9-17-29-22-25-24-21(18-10-4-2-5-11-18)26(22)19-12-6-3-7-13-19/h2-7,10-13H,8-9,14-17H2,1H3,(H,23,27). The van der Waals surface area contributed by atoms with E-state index in [9.17, 15) is 4.79 Å². The van der Waals surface area contributed by atoms with Crippen LogP contribution in [0.15, 0.2) is 65.8 Å². The van der Waals surface area contributed by atoms with E-state index in [1.807, 2.05) is 48.5 Å². The Hall–Kier alpha value is -2.64. The van der Waals surface area contributed by atoms with Gasteiger partial charge in [0.15, 0.2) is 11.0 Å². The van der Waals surface area contributed by atoms with Gasteiger partial charge in [0.05, 0.1) is 6.61 Å². The van der Waals surface area contributed by atoms with Crippen LogP contribution in [0, 0.1) is 0 Å². The molecule has 1 aromatic heterocycles. The average Bonchev–Trinajstić information content (AvgIpc) is 3.19. The zero-order valence-corrected chi connectivity index (χ0v) is 17.4. The minimum Gasteiger partial charge on any atom is -0.383 e. The summed E-state index contributed by atoms with van der Waals surface area (Å²) in [6, 6.07) is 20.2. The number of carbonyl (C=O) groups excluding carboxylic acids is 1. The van der Waals surface area contributed by atoms with Crippen molar-refractivity contribution in [2.45, 2.75) is 24.4 Å². The summed E-state index contributed by atoms with van der Waals surface area (Å²) < 4.78 is 7.03. The van der Waals surface area contributed by atoms with Crippen molar-refractivity contribution < 1.29 is 9.53 Å². The van der Waals surface area contributed by atoms with Crippen LogP contribution >= 0.6 is 11.8 Å². The van der Waals surface area contributed by atoms with Crippen LogP contribution in [0.3, 0.4) is 0 Å². The normalized spacial score (nSPS) is 10.8. The lowest BCUT2D eigenvalue weighted by Crippen LogP contribution is -2.26. The van der Waals surface area contributed by atoms with Gasteiger partial charge in [-0.15, -0.1) is 10.2 Å². The van der Waals surface area contributed by atoms with E-state index in [0.717, 1.165) is 40.8 Å². The SMILES string of the molecule is COCCNC(=O)CCCCSc1nnc(-c2ccccc2)n1-c1ccccc1. The van der Waals surface area contributed by atoms with Crippen molar-refractivity contribution in [2.75, 3.05) is 26.0 Å². The minimum atomic E-state index is 0.0749. The molecule has 6 nitrogen and oxygen atoms in total. The molecule has 7 heteroatoms. The first-order valence-corrected chi connectivity index (χ1v) is 10.7. The summed E-state index contributed by atoms with van der Waals surface area (Å²) >= 11 is 1.67. The number of aromatic nitrogens is 3. The molecule has 0 aliphatic rings. The Bertz CT molecular complexity index is 884. The third kappa shape index (κ3) is 6.17. The third-order valence-corrected chi connectivity index (χ3v) is 5.35. The second kappa shape index (κ2) is 11.4. The second-order valence-corrected chi connectivity index (χ2v) is 7.55. The van der Waals surface area contributed by atoms with Gasteiger partial charge in [-0.05, 0) is 25.0 Å². The molecule has 0 saturated heterocycles. The number of nitrogens with zero attached hydrogens (tertiary/aromatic N) is 3. The first-order valence-electron chi connectivity index (χ1n) is 9.74. The first-order chi connectivity index (χ1) is 14.3. The highest BCUT2D eigenvalue weighted by Crippen LogP contribution is 2.28. The van der Waals surface area contributed by atoms with Gasteiger partial charge >= 0.3 is 0 Å². The second-order valence-electron chi connectivity index (χ2n) is 6.49. The molecule has 0 unspecified atom stereocenters. The molecule has 0 spiro atoms. The molecule has 0 radical (unpaired) electrons. The van der Waals surface area contributed by atoms with Crippen LogP contribution in [0.1, 0.15) is 19.3 Å². The number of benzene rings is 2. The van der Waals surface area contributed by atoms with Crippen LogP contribution < -0.4 is 5.32 Å². The van der Waals surface area contributed by atoms with Crippen molar-refractivity contribution in [3.05, 3.63) is 60.7 Å². The highest BCUT2D eigenvalue weighted by atomic mass is 32.2. The van der Waals surface area contributed by atoms with Crippen molar-refractivity contribution in [3.8, 4) is 17.1 Å². The topological polar surface area (TPSA) is 69.0 Å². The summed E-state index contributed by atoms with van der Waals surface area (Å²) in [7, 11) is 1.63. The Morgan fingerprint density at radius 1 is 1.03 bits per heavy atom. The lowest BCUT2D eigenvalue weighted by molar-refractivity contribution is -0.121. The molecule has 0 saturated carbocycles. The van der Waals surface area contributed by atoms with E-state index in [2.05, 4.69) is 32.2 Å². The van der Waals surface area contributed by atoms with Gasteiger partial charge in [0.2, 0.25) is 5.91 Å². The van der Waals surface area contributed by atoms with Gasteiger partial charge in [0.1, 0.15) is 0 Å². The van der Waals surface area contributed by atoms with Crippen LogP contribution in [0.4, 0.5) is 0 Å². The summed E-state index contributed by atoms with van der Waals surface area (Å²) in [6.07, 6.45) is 2.31. The Morgan fingerprint density at radius 3 is 2.48 bits per heavy atom. The number of para-hydroxylation sites is 1. The number of amides is 1. The summed E-state index contributed by atoms with van der Waals surface area (Å²) in [5.74, 6) is 1.79. The fourth-order valence-electron chi connectivity index (χ4n) is 2.88. The van der Waals surface area contributed by atoms with Gasteiger partial charge in [0.25, 0.3) is 0 Å². The van der Waals surface area contributed by atoms with Crippen LogP contribution in [-0.4, -0.2) is 46.7 Å². The van der Waals surface area contributed by atoms with Gasteiger partial charge in [-0.3, -0.25) is 9.36 Å². The summed E-state index contributed by atoms with van der Waals surface area (Å²) in [5, 5.41) is 12.6. The number of unbranched alkanes of at least 4 members (excludes halogenated alkanes) is 1. The lowest BCUT2D eigenvalue weighted by atomic mass is 10.2. The molecule has 3 aromatic rings. The van der Waals surface area contributed by atoms with Gasteiger partial charge in [-0.1, -0.05) is 60.3 Å². The maximum absolute atomic E-state index is 11.8. The largest absolute Gasteiger partial charge is 0.383 e. The minimum absolute atomic E-state index is 0.0749. The number of rotatable bonds is 11. The molecule has 1 N–H and O–H groups in total. The van der Waals surface area contributed by atoms with E-state index in [4.69, 9.17) is 4.74 Å². The number of ether oxygens (including phenoxy) is 1. The molecule has 1 heterocycles. The summed E-state index contributed by atoms with van der Waals surface area (Å²) in [5.41, 5.74) is 2.07. The maximum atomic E-state index is 11.8. The van der Waals surface area contributed by atoms with E-state index < -0.39 is 0 Å². The van der Waals surface area contributed by atoms with Crippen molar-refractivity contribution in [3.63, 3.8) is 0 Å². The van der Waals surface area contributed by atoms with Crippen molar-refractivity contribution in [2.24, 2.45) is 0 Å². The molecule has 152 valence electrons. The Labute approximate surface area is 175 Å². The van der Waals surface area contributed by atoms with Gasteiger partial charge < -0.3 is 10.1 Å². The lowest BCUT2D eigenvalue weighted by Gasteiger charge is -2.10. The number of methoxy groups -OCH3 is 1. The summed E-state index contributed by atoms with van der Waals surface area (Å²) in [6.45, 7) is 1.10. The molecule has 0 fully saturated rings. The highest BCUT2D eigenvalue weighted by Gasteiger charge is 2.15. The fraction of sp³-hybridized carbons (Fsp3) is 0.318. The van der Waals surface area contributed by atoms with Crippen molar-refractivity contribution in [1.82, 2.24) is 20.1 Å². The van der Waals surface area contributed by atoms with Gasteiger partial charge in [-0.25, -0.2) is 0 Å². The van der Waals surface area contributed by atoms with Crippen LogP contribution in [0.5, 0.6) is 0 Å². The molecule has 2 aromatic carbocycles. The predicted octanol–water partition coefficient (Wildman–Crippen LogP) is 3.96. The molecule has 29 heavy (non-hydrogen) atoms. The van der Waals surface area contributed by atoms with Crippen LogP contribution in [-0.2, 0) is 9.53 Å². The van der Waals surface area contributed by atoms with Crippen LogP contribution in [0.2, 0.25) is 0 Å². The summed E-state index contributed by atoms with van der Waals surface area (Å²) in [4.78, 5) is 11.8. The molecule has 1 amide bonds. The Balaban J connectivity index is 1.61. The number of hydrogen-bond acceptors (Lipinski definition) is 5. The van der Waals surface area contributed by atoms with Crippen molar-refractivity contribution in [1.29, 1.82) is 0 Å². The smallest absolute Gasteiger partial charge is 0.220 e. The zero-order chi connectivity index (χ0) is 20.3. The van der Waals surface area contributed by atoms with Crippen molar-refractivity contribution >= 4 is 17.7 Å². The molecule has 0 atom stereocenters. The molecular weight excluding hydrogens is 384 g/mol.